The molecule has 1 aromatic rings. The number of carbonyl (C=O) groups is 1. The molecule has 0 saturated carbocycles. The van der Waals surface area contributed by atoms with E-state index in [4.69, 9.17) is 16.2 Å². The minimum atomic E-state index is -1.08. The Morgan fingerprint density at radius 3 is 2.80 bits per heavy atom. The number of aliphatic carboxylic acids is 1. The van der Waals surface area contributed by atoms with Crippen LogP contribution in [0.5, 0.6) is 0 Å². The molecule has 15 heavy (non-hydrogen) atoms. The van der Waals surface area contributed by atoms with Gasteiger partial charge in [0.15, 0.2) is 0 Å². The highest BCUT2D eigenvalue weighted by atomic mass is 19.1. The summed E-state index contributed by atoms with van der Waals surface area (Å²) in [5, 5.41) is 18.1. The summed E-state index contributed by atoms with van der Waals surface area (Å²) in [7, 11) is 0. The number of halogens is 1. The van der Waals surface area contributed by atoms with Crippen LogP contribution in [0.2, 0.25) is 0 Å². The fourth-order valence-corrected chi connectivity index (χ4v) is 1.12. The first-order chi connectivity index (χ1) is 7.02. The molecule has 0 radical (unpaired) electrons. The number of carboxylic acids is 1. The molecule has 0 bridgehead atoms. The lowest BCUT2D eigenvalue weighted by molar-refractivity contribution is -0.134. The highest BCUT2D eigenvalue weighted by Crippen LogP contribution is 2.17. The van der Waals surface area contributed by atoms with Crippen molar-refractivity contribution in [2.24, 2.45) is 5.73 Å². The summed E-state index contributed by atoms with van der Waals surface area (Å²) < 4.78 is 13.2. The van der Waals surface area contributed by atoms with Crippen molar-refractivity contribution in [2.45, 2.75) is 0 Å². The smallest absolute Gasteiger partial charge is 0.322 e. The molecule has 5 N–H and O–H groups in total. The molecule has 0 atom stereocenters. The minimum absolute atomic E-state index is 0.112. The molecule has 1 rings (SSSR count). The molecule has 0 aromatic heterocycles. The number of nitrogen functional groups attached to an aromatic ring is 1. The normalized spacial score (nSPS) is 9.67. The highest BCUT2D eigenvalue weighted by Gasteiger charge is 2.11. The number of nitrogens with one attached hydrogen (secondary N) is 2. The number of rotatable bonds is 4. The van der Waals surface area contributed by atoms with Crippen LogP contribution < -0.4 is 11.1 Å². The molecule has 0 amide bonds. The van der Waals surface area contributed by atoms with Crippen molar-refractivity contribution >= 4 is 17.5 Å². The van der Waals surface area contributed by atoms with Crippen molar-refractivity contribution in [3.8, 4) is 0 Å². The van der Waals surface area contributed by atoms with E-state index >= 15 is 0 Å². The zero-order valence-corrected chi connectivity index (χ0v) is 7.75. The molecule has 5 nitrogen and oxygen atoms in total. The van der Waals surface area contributed by atoms with Crippen molar-refractivity contribution in [3.05, 3.63) is 29.6 Å². The van der Waals surface area contributed by atoms with Crippen LogP contribution in [-0.4, -0.2) is 23.5 Å². The Balaban J connectivity index is 3.01. The number of carboxylic acid groups (broad SMARTS) is 1. The van der Waals surface area contributed by atoms with Gasteiger partial charge < -0.3 is 16.2 Å². The summed E-state index contributed by atoms with van der Waals surface area (Å²) in [6.45, 7) is -0.357. The quantitative estimate of drug-likeness (QED) is 0.433. The number of amidine groups is 1. The van der Waals surface area contributed by atoms with Gasteiger partial charge in [-0.15, -0.1) is 0 Å². The monoisotopic (exact) mass is 211 g/mol. The first-order valence-corrected chi connectivity index (χ1v) is 4.11. The highest BCUT2D eigenvalue weighted by molar-refractivity contribution is 6.00. The third kappa shape index (κ3) is 2.67. The van der Waals surface area contributed by atoms with Crippen molar-refractivity contribution in [3.63, 3.8) is 0 Å². The lowest BCUT2D eigenvalue weighted by Gasteiger charge is -2.09. The van der Waals surface area contributed by atoms with Crippen LogP contribution in [0.4, 0.5) is 10.1 Å². The molecule has 0 unspecified atom stereocenters. The zero-order chi connectivity index (χ0) is 11.4. The Bertz CT molecular complexity index is 406. The van der Waals surface area contributed by atoms with Crippen molar-refractivity contribution < 1.29 is 14.3 Å². The molecule has 0 fully saturated rings. The molecule has 0 heterocycles. The van der Waals surface area contributed by atoms with E-state index in [9.17, 15) is 9.18 Å². The van der Waals surface area contributed by atoms with Gasteiger partial charge >= 0.3 is 5.97 Å². The SMILES string of the molecule is N=C(N)c1c(F)cccc1NCC(=O)O. The Hall–Kier alpha value is -2.11. The Morgan fingerprint density at radius 1 is 1.60 bits per heavy atom. The summed E-state index contributed by atoms with van der Waals surface area (Å²) in [5.41, 5.74) is 5.26. The van der Waals surface area contributed by atoms with E-state index in [1.165, 1.54) is 12.1 Å². The van der Waals surface area contributed by atoms with Crippen molar-refractivity contribution in [2.75, 3.05) is 11.9 Å². The first-order valence-electron chi connectivity index (χ1n) is 4.11. The van der Waals surface area contributed by atoms with Crippen LogP contribution in [0.15, 0.2) is 18.2 Å². The van der Waals surface area contributed by atoms with Gasteiger partial charge in [-0.25, -0.2) is 4.39 Å². The van der Waals surface area contributed by atoms with Crippen LogP contribution in [0.3, 0.4) is 0 Å². The maximum absolute atomic E-state index is 13.2. The lowest BCUT2D eigenvalue weighted by Crippen LogP contribution is -2.19. The van der Waals surface area contributed by atoms with E-state index < -0.39 is 17.6 Å². The maximum Gasteiger partial charge on any atom is 0.322 e. The molecule has 6 heteroatoms. The molecule has 80 valence electrons. The standard InChI is InChI=1S/C9H10FN3O2/c10-5-2-1-3-6(8(5)9(11)12)13-4-7(14)15/h1-3,13H,4H2,(H3,11,12)(H,14,15). The molecule has 0 spiro atoms. The third-order valence-corrected chi connectivity index (χ3v) is 1.71. The predicted octanol–water partition coefficient (Wildman–Crippen LogP) is 0.606. The fourth-order valence-electron chi connectivity index (χ4n) is 1.12. The van der Waals surface area contributed by atoms with Gasteiger partial charge in [0.2, 0.25) is 0 Å². The molecule has 0 aliphatic rings. The lowest BCUT2D eigenvalue weighted by atomic mass is 10.1. The Labute approximate surface area is 85.2 Å². The largest absolute Gasteiger partial charge is 0.480 e. The van der Waals surface area contributed by atoms with Crippen molar-refractivity contribution in [1.82, 2.24) is 0 Å². The van der Waals surface area contributed by atoms with Crippen molar-refractivity contribution in [1.29, 1.82) is 5.41 Å². The summed E-state index contributed by atoms with van der Waals surface area (Å²) in [4.78, 5) is 10.3. The van der Waals surface area contributed by atoms with E-state index in [1.54, 1.807) is 0 Å². The predicted molar refractivity (Wildman–Crippen MR) is 53.5 cm³/mol. The summed E-state index contributed by atoms with van der Waals surface area (Å²) in [6.07, 6.45) is 0. The second-order valence-electron chi connectivity index (χ2n) is 2.82. The Kier molecular flexibility index (Phi) is 3.22. The van der Waals surface area contributed by atoms with Gasteiger partial charge in [0.25, 0.3) is 0 Å². The average molecular weight is 211 g/mol. The number of hydrogen-bond acceptors (Lipinski definition) is 3. The molecular weight excluding hydrogens is 201 g/mol. The topological polar surface area (TPSA) is 99.2 Å². The second-order valence-corrected chi connectivity index (χ2v) is 2.82. The summed E-state index contributed by atoms with van der Waals surface area (Å²) in [6, 6.07) is 4.03. The molecule has 1 aromatic carbocycles. The van der Waals surface area contributed by atoms with Crippen LogP contribution >= 0.6 is 0 Å². The van der Waals surface area contributed by atoms with Gasteiger partial charge in [-0.3, -0.25) is 10.2 Å². The van der Waals surface area contributed by atoms with Gasteiger partial charge in [-0.1, -0.05) is 6.07 Å². The Morgan fingerprint density at radius 2 is 2.27 bits per heavy atom. The van der Waals surface area contributed by atoms with Crippen LogP contribution in [0.25, 0.3) is 0 Å². The van der Waals surface area contributed by atoms with Crippen LogP contribution in [0.1, 0.15) is 5.56 Å². The van der Waals surface area contributed by atoms with Crippen LogP contribution in [-0.2, 0) is 4.79 Å². The second kappa shape index (κ2) is 4.41. The van der Waals surface area contributed by atoms with E-state index in [2.05, 4.69) is 5.32 Å². The molecule has 0 aliphatic carbocycles. The third-order valence-electron chi connectivity index (χ3n) is 1.71. The zero-order valence-electron chi connectivity index (χ0n) is 7.75. The first kappa shape index (κ1) is 11.0. The van der Waals surface area contributed by atoms with Gasteiger partial charge in [0, 0.05) is 5.69 Å². The number of anilines is 1. The molecule has 0 aliphatic heterocycles. The summed E-state index contributed by atoms with van der Waals surface area (Å²) in [5.74, 6) is -2.17. The van der Waals surface area contributed by atoms with E-state index in [0.29, 0.717) is 0 Å². The van der Waals surface area contributed by atoms with E-state index in [0.717, 1.165) is 6.07 Å². The number of nitrogens with two attached hydrogens (primary N) is 1. The van der Waals surface area contributed by atoms with Gasteiger partial charge in [-0.05, 0) is 12.1 Å². The van der Waals surface area contributed by atoms with Gasteiger partial charge in [0.1, 0.15) is 18.2 Å². The molecular formula is C9H10FN3O2. The van der Waals surface area contributed by atoms with E-state index in [-0.39, 0.29) is 17.8 Å². The number of benzene rings is 1. The summed E-state index contributed by atoms with van der Waals surface area (Å²) >= 11 is 0. The maximum atomic E-state index is 13.2. The van der Waals surface area contributed by atoms with Crippen LogP contribution in [0, 0.1) is 11.2 Å². The average Bonchev–Trinajstić information content (AvgIpc) is 2.13. The van der Waals surface area contributed by atoms with Gasteiger partial charge in [0.05, 0.1) is 5.56 Å². The van der Waals surface area contributed by atoms with E-state index in [1.807, 2.05) is 0 Å². The number of hydrogen-bond donors (Lipinski definition) is 4. The van der Waals surface area contributed by atoms with Gasteiger partial charge in [-0.2, -0.15) is 0 Å². The minimum Gasteiger partial charge on any atom is -0.480 e. The molecule has 0 saturated heterocycles. The fraction of sp³-hybridized carbons (Fsp3) is 0.111.